The number of halogens is 1. The molecule has 1 saturated carbocycles. The van der Waals surface area contributed by atoms with Crippen molar-refractivity contribution in [2.45, 2.75) is 33.1 Å². The van der Waals surface area contributed by atoms with Gasteiger partial charge in [-0.25, -0.2) is 14.4 Å². The first-order chi connectivity index (χ1) is 15.9. The second-order valence-electron chi connectivity index (χ2n) is 8.97. The number of rotatable bonds is 10. The average molecular weight is 451 g/mol. The molecule has 0 amide bonds. The van der Waals surface area contributed by atoms with Gasteiger partial charge in [-0.1, -0.05) is 6.92 Å². The zero-order valence-electron chi connectivity index (χ0n) is 19.4. The van der Waals surface area contributed by atoms with E-state index in [1.165, 1.54) is 12.8 Å². The molecular formula is C26H31FN4O2. The SMILES string of the molecule is CNc1cc(-c2cc(-c3cc(NCCC4(C)CC4)c(F)cc3C)cc(OCCO)n2)ccn1. The van der Waals surface area contributed by atoms with Gasteiger partial charge in [-0.3, -0.25) is 0 Å². The number of hydrogen-bond donors (Lipinski definition) is 3. The molecule has 0 bridgehead atoms. The molecule has 0 unspecified atom stereocenters. The summed E-state index contributed by atoms with van der Waals surface area (Å²) in [7, 11) is 1.81. The summed E-state index contributed by atoms with van der Waals surface area (Å²) in [5.41, 5.74) is 5.08. The van der Waals surface area contributed by atoms with Gasteiger partial charge in [0.1, 0.15) is 18.2 Å². The van der Waals surface area contributed by atoms with E-state index in [9.17, 15) is 9.50 Å². The minimum atomic E-state index is -0.254. The lowest BCUT2D eigenvalue weighted by molar-refractivity contribution is 0.197. The van der Waals surface area contributed by atoms with E-state index >= 15 is 0 Å². The van der Waals surface area contributed by atoms with E-state index in [0.717, 1.165) is 41.0 Å². The van der Waals surface area contributed by atoms with Crippen LogP contribution in [0.4, 0.5) is 15.9 Å². The Bertz CT molecular complexity index is 1130. The number of ether oxygens (including phenoxy) is 1. The van der Waals surface area contributed by atoms with Crippen molar-refractivity contribution in [2.24, 2.45) is 5.41 Å². The predicted molar refractivity (Wildman–Crippen MR) is 130 cm³/mol. The van der Waals surface area contributed by atoms with Crippen molar-refractivity contribution in [3.05, 3.63) is 54.0 Å². The number of hydrogen-bond acceptors (Lipinski definition) is 6. The van der Waals surface area contributed by atoms with Crippen LogP contribution < -0.4 is 15.4 Å². The van der Waals surface area contributed by atoms with Gasteiger partial charge in [-0.05, 0) is 78.6 Å². The molecule has 1 aromatic carbocycles. The number of anilines is 2. The molecule has 1 aliphatic rings. The largest absolute Gasteiger partial charge is 0.475 e. The van der Waals surface area contributed by atoms with Crippen LogP contribution in [-0.2, 0) is 0 Å². The molecule has 1 fully saturated rings. The van der Waals surface area contributed by atoms with Crippen LogP contribution in [0.1, 0.15) is 31.7 Å². The fraction of sp³-hybridized carbons (Fsp3) is 0.385. The first-order valence-corrected chi connectivity index (χ1v) is 11.4. The Morgan fingerprint density at radius 3 is 2.70 bits per heavy atom. The molecule has 7 heteroatoms. The third-order valence-corrected chi connectivity index (χ3v) is 6.23. The van der Waals surface area contributed by atoms with E-state index in [-0.39, 0.29) is 19.0 Å². The van der Waals surface area contributed by atoms with Crippen LogP contribution in [0.2, 0.25) is 0 Å². The van der Waals surface area contributed by atoms with Crippen LogP contribution >= 0.6 is 0 Å². The highest BCUT2D eigenvalue weighted by Gasteiger charge is 2.36. The molecule has 6 nitrogen and oxygen atoms in total. The van der Waals surface area contributed by atoms with Crippen molar-refractivity contribution in [1.29, 1.82) is 0 Å². The van der Waals surface area contributed by atoms with Crippen molar-refractivity contribution >= 4 is 11.5 Å². The second-order valence-corrected chi connectivity index (χ2v) is 8.97. The van der Waals surface area contributed by atoms with Crippen molar-refractivity contribution in [2.75, 3.05) is 37.4 Å². The van der Waals surface area contributed by atoms with Gasteiger partial charge in [-0.2, -0.15) is 0 Å². The monoisotopic (exact) mass is 450 g/mol. The van der Waals surface area contributed by atoms with Crippen LogP contribution in [0.3, 0.4) is 0 Å². The van der Waals surface area contributed by atoms with Crippen molar-refractivity contribution in [3.63, 3.8) is 0 Å². The van der Waals surface area contributed by atoms with Gasteiger partial charge in [0.25, 0.3) is 0 Å². The van der Waals surface area contributed by atoms with Gasteiger partial charge < -0.3 is 20.5 Å². The number of pyridine rings is 2. The Morgan fingerprint density at radius 1 is 1.15 bits per heavy atom. The van der Waals surface area contributed by atoms with Gasteiger partial charge in [-0.15, -0.1) is 0 Å². The molecule has 0 aliphatic heterocycles. The third kappa shape index (κ3) is 5.60. The molecule has 33 heavy (non-hydrogen) atoms. The van der Waals surface area contributed by atoms with E-state index in [1.54, 1.807) is 12.3 Å². The second kappa shape index (κ2) is 9.75. The lowest BCUT2D eigenvalue weighted by Gasteiger charge is -2.16. The van der Waals surface area contributed by atoms with E-state index in [2.05, 4.69) is 27.5 Å². The van der Waals surface area contributed by atoms with Gasteiger partial charge in [0.05, 0.1) is 18.0 Å². The van der Waals surface area contributed by atoms with Crippen LogP contribution in [-0.4, -0.2) is 41.9 Å². The Balaban J connectivity index is 1.70. The number of aromatic nitrogens is 2. The molecule has 2 aromatic heterocycles. The summed E-state index contributed by atoms with van der Waals surface area (Å²) in [6, 6.07) is 11.0. The molecule has 0 radical (unpaired) electrons. The fourth-order valence-corrected chi connectivity index (χ4v) is 3.84. The topological polar surface area (TPSA) is 79.3 Å². The summed E-state index contributed by atoms with van der Waals surface area (Å²) < 4.78 is 20.4. The van der Waals surface area contributed by atoms with Gasteiger partial charge >= 0.3 is 0 Å². The van der Waals surface area contributed by atoms with Gasteiger partial charge in [0.2, 0.25) is 5.88 Å². The molecule has 2 heterocycles. The molecule has 1 aliphatic carbocycles. The van der Waals surface area contributed by atoms with Gasteiger partial charge in [0.15, 0.2) is 0 Å². The van der Waals surface area contributed by atoms with Crippen molar-refractivity contribution in [1.82, 2.24) is 9.97 Å². The summed E-state index contributed by atoms with van der Waals surface area (Å²) in [5.74, 6) is 0.877. The number of aliphatic hydroxyl groups excluding tert-OH is 1. The fourth-order valence-electron chi connectivity index (χ4n) is 3.84. The Labute approximate surface area is 194 Å². The lowest BCUT2D eigenvalue weighted by Crippen LogP contribution is -2.08. The van der Waals surface area contributed by atoms with Gasteiger partial charge in [0, 0.05) is 31.4 Å². The molecule has 0 atom stereocenters. The Kier molecular flexibility index (Phi) is 6.79. The number of nitrogens with zero attached hydrogens (tertiary/aromatic N) is 2. The molecule has 0 saturated heterocycles. The summed E-state index contributed by atoms with van der Waals surface area (Å²) in [6.45, 7) is 4.95. The maximum Gasteiger partial charge on any atom is 0.214 e. The summed E-state index contributed by atoms with van der Waals surface area (Å²) in [4.78, 5) is 8.89. The van der Waals surface area contributed by atoms with Crippen LogP contribution in [0.25, 0.3) is 22.4 Å². The quantitative estimate of drug-likeness (QED) is 0.390. The number of aliphatic hydroxyl groups is 1. The molecule has 3 N–H and O–H groups in total. The maximum absolute atomic E-state index is 14.7. The standard InChI is InChI=1S/C26H31FN4O2/c1-17-12-21(27)23(29-9-7-26(2)5-6-26)16-20(17)19-13-22(31-25(15-19)33-11-10-32)18-4-8-30-24(14-18)28-3/h4,8,12-16,29,32H,5-7,9-11H2,1-3H3,(H,28,30). The zero-order valence-corrected chi connectivity index (χ0v) is 19.4. The molecular weight excluding hydrogens is 419 g/mol. The minimum Gasteiger partial charge on any atom is -0.475 e. The smallest absolute Gasteiger partial charge is 0.214 e. The van der Waals surface area contributed by atoms with Crippen molar-refractivity contribution < 1.29 is 14.2 Å². The van der Waals surface area contributed by atoms with E-state index < -0.39 is 0 Å². The number of benzene rings is 1. The Morgan fingerprint density at radius 2 is 1.97 bits per heavy atom. The third-order valence-electron chi connectivity index (χ3n) is 6.23. The normalized spacial score (nSPS) is 14.1. The highest BCUT2D eigenvalue weighted by Crippen LogP contribution is 2.48. The van der Waals surface area contributed by atoms with E-state index in [0.29, 0.717) is 22.7 Å². The summed E-state index contributed by atoms with van der Waals surface area (Å²) in [5, 5.41) is 15.5. The highest BCUT2D eigenvalue weighted by atomic mass is 19.1. The Hall–Kier alpha value is -3.19. The average Bonchev–Trinajstić information content (AvgIpc) is 3.56. The minimum absolute atomic E-state index is 0.108. The zero-order chi connectivity index (χ0) is 23.4. The summed E-state index contributed by atoms with van der Waals surface area (Å²) >= 11 is 0. The maximum atomic E-state index is 14.7. The van der Waals surface area contributed by atoms with Crippen LogP contribution in [0.15, 0.2) is 42.6 Å². The molecule has 3 aromatic rings. The van der Waals surface area contributed by atoms with E-state index in [4.69, 9.17) is 4.74 Å². The lowest BCUT2D eigenvalue weighted by atomic mass is 9.98. The molecule has 0 spiro atoms. The highest BCUT2D eigenvalue weighted by molar-refractivity contribution is 5.77. The number of nitrogens with one attached hydrogen (secondary N) is 2. The predicted octanol–water partition coefficient (Wildman–Crippen LogP) is 5.27. The van der Waals surface area contributed by atoms with Crippen molar-refractivity contribution in [3.8, 4) is 28.3 Å². The first-order valence-electron chi connectivity index (χ1n) is 11.4. The first kappa shape index (κ1) is 23.0. The molecule has 174 valence electrons. The molecule has 4 rings (SSSR count). The van der Waals surface area contributed by atoms with Crippen LogP contribution in [0.5, 0.6) is 5.88 Å². The van der Waals surface area contributed by atoms with Crippen LogP contribution in [0, 0.1) is 18.2 Å². The number of aryl methyl sites for hydroxylation is 1. The van der Waals surface area contributed by atoms with E-state index in [1.807, 2.05) is 44.3 Å². The summed E-state index contributed by atoms with van der Waals surface area (Å²) in [6.07, 6.45) is 5.24.